The van der Waals surface area contributed by atoms with E-state index in [9.17, 15) is 0 Å². The number of nitrogens with zero attached hydrogens (tertiary/aromatic N) is 3. The zero-order valence-electron chi connectivity index (χ0n) is 11.5. The van der Waals surface area contributed by atoms with Gasteiger partial charge >= 0.3 is 0 Å². The van der Waals surface area contributed by atoms with Crippen molar-refractivity contribution in [1.82, 2.24) is 15.0 Å². The topological polar surface area (TPSA) is 56.7 Å². The van der Waals surface area contributed by atoms with Gasteiger partial charge in [-0.3, -0.25) is 0 Å². The van der Waals surface area contributed by atoms with Crippen LogP contribution in [-0.4, -0.2) is 15.0 Å². The second kappa shape index (κ2) is 5.19. The third-order valence-electron chi connectivity index (χ3n) is 3.42. The van der Waals surface area contributed by atoms with E-state index in [-0.39, 0.29) is 0 Å². The fraction of sp³-hybridized carbons (Fsp3) is 0.200. The molecular weight excluding hydrogens is 268 g/mol. The number of nitrogens with two attached hydrogens (primary N) is 1. The Labute approximate surface area is 121 Å². The highest BCUT2D eigenvalue weighted by Gasteiger charge is 2.16. The van der Waals surface area contributed by atoms with Crippen LogP contribution < -0.4 is 5.73 Å². The first-order chi connectivity index (χ1) is 9.70. The van der Waals surface area contributed by atoms with Gasteiger partial charge in [0, 0.05) is 6.54 Å². The van der Waals surface area contributed by atoms with Crippen LogP contribution in [0.4, 0.5) is 0 Å². The molecular formula is C15H16N4S. The molecule has 0 bridgehead atoms. The van der Waals surface area contributed by atoms with Crippen LogP contribution in [0.2, 0.25) is 0 Å². The minimum Gasteiger partial charge on any atom is -0.325 e. The van der Waals surface area contributed by atoms with Gasteiger partial charge < -0.3 is 5.73 Å². The molecule has 0 amide bonds. The number of hydrogen-bond donors (Lipinski definition) is 1. The molecule has 4 nitrogen and oxygen atoms in total. The van der Waals surface area contributed by atoms with Gasteiger partial charge in [-0.2, -0.15) is 0 Å². The van der Waals surface area contributed by atoms with Gasteiger partial charge in [0.2, 0.25) is 0 Å². The van der Waals surface area contributed by atoms with Gasteiger partial charge in [-0.15, -0.1) is 16.4 Å². The maximum Gasteiger partial charge on any atom is 0.109 e. The molecule has 0 saturated carbocycles. The monoisotopic (exact) mass is 284 g/mol. The molecule has 0 aliphatic carbocycles. The van der Waals surface area contributed by atoms with Crippen LogP contribution >= 0.6 is 11.3 Å². The normalized spacial score (nSPS) is 10.9. The Kier molecular flexibility index (Phi) is 3.38. The molecule has 3 aromatic rings. The smallest absolute Gasteiger partial charge is 0.109 e. The number of hydrogen-bond acceptors (Lipinski definition) is 4. The van der Waals surface area contributed by atoms with Crippen LogP contribution in [0.5, 0.6) is 0 Å². The highest BCUT2D eigenvalue weighted by molar-refractivity contribution is 7.13. The van der Waals surface area contributed by atoms with E-state index in [0.717, 1.165) is 22.0 Å². The molecule has 0 atom stereocenters. The van der Waals surface area contributed by atoms with Crippen molar-refractivity contribution in [2.24, 2.45) is 5.73 Å². The van der Waals surface area contributed by atoms with E-state index in [2.05, 4.69) is 48.4 Å². The summed E-state index contributed by atoms with van der Waals surface area (Å²) in [5, 5.41) is 10.5. The highest BCUT2D eigenvalue weighted by atomic mass is 32.1. The van der Waals surface area contributed by atoms with Crippen LogP contribution in [0.25, 0.3) is 16.3 Å². The molecule has 0 saturated heterocycles. The maximum absolute atomic E-state index is 5.79. The van der Waals surface area contributed by atoms with Crippen LogP contribution in [0.1, 0.15) is 16.8 Å². The number of aryl methyl sites for hydroxylation is 2. The molecule has 3 rings (SSSR count). The molecule has 1 aromatic carbocycles. The second-order valence-electron chi connectivity index (χ2n) is 4.75. The van der Waals surface area contributed by atoms with Gasteiger partial charge in [0.25, 0.3) is 0 Å². The van der Waals surface area contributed by atoms with Crippen molar-refractivity contribution in [3.8, 4) is 16.3 Å². The summed E-state index contributed by atoms with van der Waals surface area (Å²) in [7, 11) is 0. The standard InChI is InChI=1S/C15H16N4S/c1-10-5-6-12(8-11(10)2)19-15(13(9-16)17-18-19)14-4-3-7-20-14/h3-8H,9,16H2,1-2H3. The molecule has 0 fully saturated rings. The molecule has 0 radical (unpaired) electrons. The molecule has 102 valence electrons. The zero-order valence-corrected chi connectivity index (χ0v) is 12.3. The first kappa shape index (κ1) is 13.0. The minimum absolute atomic E-state index is 0.387. The number of rotatable bonds is 3. The van der Waals surface area contributed by atoms with Crippen molar-refractivity contribution in [3.63, 3.8) is 0 Å². The Morgan fingerprint density at radius 2 is 2.05 bits per heavy atom. The van der Waals surface area contributed by atoms with Gasteiger partial charge in [0.1, 0.15) is 11.4 Å². The summed E-state index contributed by atoms with van der Waals surface area (Å²) in [5.41, 5.74) is 11.1. The quantitative estimate of drug-likeness (QED) is 0.804. The van der Waals surface area contributed by atoms with Crippen LogP contribution in [0.3, 0.4) is 0 Å². The Morgan fingerprint density at radius 3 is 2.70 bits per heavy atom. The average Bonchev–Trinajstić information content (AvgIpc) is 3.09. The number of thiophene rings is 1. The number of aromatic nitrogens is 3. The van der Waals surface area contributed by atoms with E-state index < -0.39 is 0 Å². The molecule has 2 heterocycles. The van der Waals surface area contributed by atoms with E-state index in [4.69, 9.17) is 5.73 Å². The van der Waals surface area contributed by atoms with Gasteiger partial charge in [-0.05, 0) is 48.6 Å². The molecule has 0 aliphatic heterocycles. The summed E-state index contributed by atoms with van der Waals surface area (Å²) in [6, 6.07) is 10.4. The van der Waals surface area contributed by atoms with Crippen LogP contribution in [0, 0.1) is 13.8 Å². The van der Waals surface area contributed by atoms with E-state index in [1.54, 1.807) is 11.3 Å². The molecule has 0 spiro atoms. The van der Waals surface area contributed by atoms with Crippen LogP contribution in [0.15, 0.2) is 35.7 Å². The SMILES string of the molecule is Cc1ccc(-n2nnc(CN)c2-c2cccs2)cc1C. The Morgan fingerprint density at radius 1 is 1.20 bits per heavy atom. The Balaban J connectivity index is 2.19. The molecule has 2 aromatic heterocycles. The molecule has 0 unspecified atom stereocenters. The molecule has 5 heteroatoms. The molecule has 20 heavy (non-hydrogen) atoms. The van der Waals surface area contributed by atoms with E-state index in [1.165, 1.54) is 11.1 Å². The summed E-state index contributed by atoms with van der Waals surface area (Å²) >= 11 is 1.67. The predicted molar refractivity (Wildman–Crippen MR) is 82.0 cm³/mol. The van der Waals surface area contributed by atoms with E-state index >= 15 is 0 Å². The van der Waals surface area contributed by atoms with Gasteiger partial charge in [-0.25, -0.2) is 4.68 Å². The van der Waals surface area contributed by atoms with Gasteiger partial charge in [-0.1, -0.05) is 17.3 Å². The van der Waals surface area contributed by atoms with Crippen molar-refractivity contribution in [2.45, 2.75) is 20.4 Å². The van der Waals surface area contributed by atoms with Crippen molar-refractivity contribution < 1.29 is 0 Å². The lowest BCUT2D eigenvalue weighted by Crippen LogP contribution is -2.02. The summed E-state index contributed by atoms with van der Waals surface area (Å²) in [5.74, 6) is 0. The van der Waals surface area contributed by atoms with Crippen molar-refractivity contribution in [3.05, 3.63) is 52.5 Å². The van der Waals surface area contributed by atoms with E-state index in [1.807, 2.05) is 16.1 Å². The fourth-order valence-electron chi connectivity index (χ4n) is 2.15. The minimum atomic E-state index is 0.387. The van der Waals surface area contributed by atoms with Gasteiger partial charge in [0.05, 0.1) is 10.6 Å². The zero-order chi connectivity index (χ0) is 14.1. The Hall–Kier alpha value is -1.98. The largest absolute Gasteiger partial charge is 0.325 e. The van der Waals surface area contributed by atoms with E-state index in [0.29, 0.717) is 6.54 Å². The predicted octanol–water partition coefficient (Wildman–Crippen LogP) is 3.07. The lowest BCUT2D eigenvalue weighted by molar-refractivity contribution is 0.799. The van der Waals surface area contributed by atoms with Gasteiger partial charge in [0.15, 0.2) is 0 Å². The first-order valence-corrected chi connectivity index (χ1v) is 7.35. The number of benzene rings is 1. The Bertz CT molecular complexity index is 728. The first-order valence-electron chi connectivity index (χ1n) is 6.47. The lowest BCUT2D eigenvalue weighted by Gasteiger charge is -2.08. The van der Waals surface area contributed by atoms with Crippen molar-refractivity contribution in [2.75, 3.05) is 0 Å². The second-order valence-corrected chi connectivity index (χ2v) is 5.69. The third-order valence-corrected chi connectivity index (χ3v) is 4.30. The van der Waals surface area contributed by atoms with Crippen LogP contribution in [-0.2, 0) is 6.54 Å². The molecule has 2 N–H and O–H groups in total. The third kappa shape index (κ3) is 2.15. The summed E-state index contributed by atoms with van der Waals surface area (Å²) in [6.45, 7) is 4.59. The average molecular weight is 284 g/mol. The highest BCUT2D eigenvalue weighted by Crippen LogP contribution is 2.29. The summed E-state index contributed by atoms with van der Waals surface area (Å²) in [6.07, 6.45) is 0. The van der Waals surface area contributed by atoms with Crippen molar-refractivity contribution >= 4 is 11.3 Å². The summed E-state index contributed by atoms with van der Waals surface area (Å²) < 4.78 is 1.88. The van der Waals surface area contributed by atoms with Crippen molar-refractivity contribution in [1.29, 1.82) is 0 Å². The fourth-order valence-corrected chi connectivity index (χ4v) is 2.93. The summed E-state index contributed by atoms with van der Waals surface area (Å²) in [4.78, 5) is 1.13. The maximum atomic E-state index is 5.79. The lowest BCUT2D eigenvalue weighted by atomic mass is 10.1. The molecule has 0 aliphatic rings.